The SMILES string of the molecule is CCCCC(C)(C)COc1ccc(/C(=N/OSCCC)C(F)(F)F)cc1. The molecule has 0 saturated carbocycles. The zero-order valence-corrected chi connectivity index (χ0v) is 16.7. The van der Waals surface area contributed by atoms with Gasteiger partial charge in [-0.2, -0.15) is 13.2 Å². The van der Waals surface area contributed by atoms with Gasteiger partial charge in [0.05, 0.1) is 18.6 Å². The van der Waals surface area contributed by atoms with E-state index in [1.54, 1.807) is 0 Å². The Hall–Kier alpha value is -1.37. The van der Waals surface area contributed by atoms with E-state index < -0.39 is 11.9 Å². The van der Waals surface area contributed by atoms with E-state index in [1.807, 2.05) is 6.92 Å². The molecular formula is C19H28F3NO2S. The zero-order valence-electron chi connectivity index (χ0n) is 15.9. The van der Waals surface area contributed by atoms with Crippen LogP contribution in [0.25, 0.3) is 0 Å². The van der Waals surface area contributed by atoms with Crippen molar-refractivity contribution in [3.05, 3.63) is 29.8 Å². The van der Waals surface area contributed by atoms with Gasteiger partial charge in [-0.05, 0) is 42.5 Å². The molecule has 26 heavy (non-hydrogen) atoms. The highest BCUT2D eigenvalue weighted by molar-refractivity contribution is 7.94. The number of hydrogen-bond acceptors (Lipinski definition) is 4. The number of nitrogens with zero attached hydrogens (tertiary/aromatic N) is 1. The third-order valence-corrected chi connectivity index (χ3v) is 4.46. The van der Waals surface area contributed by atoms with Gasteiger partial charge in [0.1, 0.15) is 5.75 Å². The molecule has 0 bridgehead atoms. The molecule has 0 atom stereocenters. The standard InChI is InChI=1S/C19H28F3NO2S/c1-5-7-12-18(3,4)14-24-16-10-8-15(9-11-16)17(19(20,21)22)23-25-26-13-6-2/h8-11H,5-7,12-14H2,1-4H3/b23-17-. The molecule has 0 aliphatic carbocycles. The van der Waals surface area contributed by atoms with Crippen LogP contribution in [0.1, 0.15) is 58.9 Å². The van der Waals surface area contributed by atoms with Crippen LogP contribution >= 0.6 is 12.0 Å². The van der Waals surface area contributed by atoms with E-state index in [0.29, 0.717) is 18.1 Å². The molecule has 1 aromatic rings. The maximum Gasteiger partial charge on any atom is 0.437 e. The van der Waals surface area contributed by atoms with E-state index in [-0.39, 0.29) is 11.0 Å². The molecule has 0 aliphatic heterocycles. The van der Waals surface area contributed by atoms with E-state index in [1.165, 1.54) is 24.3 Å². The maximum absolute atomic E-state index is 13.2. The number of benzene rings is 1. The summed E-state index contributed by atoms with van der Waals surface area (Å²) >= 11 is 0.901. The minimum atomic E-state index is -4.59. The molecule has 0 spiro atoms. The van der Waals surface area contributed by atoms with Crippen LogP contribution in [-0.4, -0.2) is 24.2 Å². The van der Waals surface area contributed by atoms with Crippen molar-refractivity contribution in [2.45, 2.75) is 59.6 Å². The smallest absolute Gasteiger partial charge is 0.437 e. The number of alkyl halides is 3. The number of hydrogen-bond donors (Lipinski definition) is 0. The lowest BCUT2D eigenvalue weighted by Gasteiger charge is -2.24. The van der Waals surface area contributed by atoms with Crippen LogP contribution in [0.4, 0.5) is 13.2 Å². The highest BCUT2D eigenvalue weighted by Crippen LogP contribution is 2.27. The minimum Gasteiger partial charge on any atom is -0.493 e. The predicted octanol–water partition coefficient (Wildman–Crippen LogP) is 6.62. The van der Waals surface area contributed by atoms with E-state index in [4.69, 9.17) is 9.02 Å². The van der Waals surface area contributed by atoms with Gasteiger partial charge in [-0.25, -0.2) is 0 Å². The summed E-state index contributed by atoms with van der Waals surface area (Å²) in [6, 6.07) is 5.78. The lowest BCUT2D eigenvalue weighted by atomic mass is 9.88. The Labute approximate surface area is 158 Å². The summed E-state index contributed by atoms with van der Waals surface area (Å²) in [7, 11) is 0. The van der Waals surface area contributed by atoms with Crippen LogP contribution in [0.3, 0.4) is 0 Å². The first kappa shape index (κ1) is 22.7. The second kappa shape index (κ2) is 10.7. The molecule has 0 saturated heterocycles. The third kappa shape index (κ3) is 8.34. The van der Waals surface area contributed by atoms with Crippen molar-refractivity contribution in [1.82, 2.24) is 0 Å². The molecule has 1 aromatic carbocycles. The Morgan fingerprint density at radius 2 is 1.73 bits per heavy atom. The number of oxime groups is 1. The summed E-state index contributed by atoms with van der Waals surface area (Å²) in [6.45, 7) is 8.81. The Bertz CT molecular complexity index is 557. The molecule has 0 aromatic heterocycles. The van der Waals surface area contributed by atoms with Crippen molar-refractivity contribution in [3.63, 3.8) is 0 Å². The molecule has 1 rings (SSSR count). The highest BCUT2D eigenvalue weighted by atomic mass is 32.2. The van der Waals surface area contributed by atoms with E-state index >= 15 is 0 Å². The Kier molecular flexibility index (Phi) is 9.33. The normalized spacial score (nSPS) is 13.0. The fraction of sp³-hybridized carbons (Fsp3) is 0.632. The van der Waals surface area contributed by atoms with Crippen molar-refractivity contribution in [2.24, 2.45) is 10.6 Å². The zero-order chi connectivity index (χ0) is 19.6. The number of ether oxygens (including phenoxy) is 1. The van der Waals surface area contributed by atoms with Gasteiger partial charge >= 0.3 is 6.18 Å². The third-order valence-electron chi connectivity index (χ3n) is 3.70. The van der Waals surface area contributed by atoms with Gasteiger partial charge in [-0.1, -0.05) is 45.7 Å². The van der Waals surface area contributed by atoms with Gasteiger partial charge in [-0.15, -0.1) is 0 Å². The van der Waals surface area contributed by atoms with E-state index in [0.717, 1.165) is 37.7 Å². The maximum atomic E-state index is 13.2. The first-order chi connectivity index (χ1) is 12.2. The fourth-order valence-electron chi connectivity index (χ4n) is 2.17. The molecule has 0 radical (unpaired) electrons. The molecule has 0 unspecified atom stereocenters. The summed E-state index contributed by atoms with van der Waals surface area (Å²) in [4.78, 5) is 0. The average molecular weight is 391 g/mol. The highest BCUT2D eigenvalue weighted by Gasteiger charge is 2.38. The van der Waals surface area contributed by atoms with Crippen LogP contribution in [0.5, 0.6) is 5.75 Å². The predicted molar refractivity (Wildman–Crippen MR) is 102 cm³/mol. The fourth-order valence-corrected chi connectivity index (χ4v) is 2.54. The summed E-state index contributed by atoms with van der Waals surface area (Å²) in [6.07, 6.45) is -0.508. The molecule has 0 aliphatic rings. The number of unbranched alkanes of at least 4 members (excludes halogenated alkanes) is 1. The van der Waals surface area contributed by atoms with Crippen LogP contribution in [0, 0.1) is 5.41 Å². The van der Waals surface area contributed by atoms with Gasteiger partial charge in [0.25, 0.3) is 0 Å². The molecule has 3 nitrogen and oxygen atoms in total. The summed E-state index contributed by atoms with van der Waals surface area (Å²) in [5.41, 5.74) is -1.07. The molecule has 0 fully saturated rings. The van der Waals surface area contributed by atoms with E-state index in [9.17, 15) is 13.2 Å². The van der Waals surface area contributed by atoms with Crippen molar-refractivity contribution in [3.8, 4) is 5.75 Å². The summed E-state index contributed by atoms with van der Waals surface area (Å²) < 4.78 is 50.0. The van der Waals surface area contributed by atoms with Crippen LogP contribution < -0.4 is 4.74 Å². The lowest BCUT2D eigenvalue weighted by molar-refractivity contribution is -0.0596. The molecule has 0 heterocycles. The van der Waals surface area contributed by atoms with Crippen LogP contribution in [-0.2, 0) is 4.28 Å². The lowest BCUT2D eigenvalue weighted by Crippen LogP contribution is -2.24. The molecule has 148 valence electrons. The summed E-state index contributed by atoms with van der Waals surface area (Å²) in [5, 5.41) is 3.27. The van der Waals surface area contributed by atoms with Crippen molar-refractivity contribution < 1.29 is 22.2 Å². The van der Waals surface area contributed by atoms with Crippen molar-refractivity contribution in [1.29, 1.82) is 0 Å². The second-order valence-corrected chi connectivity index (χ2v) is 7.71. The van der Waals surface area contributed by atoms with Gasteiger partial charge in [0.2, 0.25) is 0 Å². The monoisotopic (exact) mass is 391 g/mol. The van der Waals surface area contributed by atoms with Gasteiger partial charge in [0.15, 0.2) is 5.71 Å². The van der Waals surface area contributed by atoms with Crippen molar-refractivity contribution in [2.75, 3.05) is 12.4 Å². The Morgan fingerprint density at radius 3 is 2.27 bits per heavy atom. The van der Waals surface area contributed by atoms with Gasteiger partial charge < -0.3 is 9.02 Å². The molecular weight excluding hydrogens is 363 g/mol. The average Bonchev–Trinajstić information content (AvgIpc) is 2.58. The molecule has 0 N–H and O–H groups in total. The van der Waals surface area contributed by atoms with E-state index in [2.05, 4.69) is 25.9 Å². The van der Waals surface area contributed by atoms with Gasteiger partial charge in [0, 0.05) is 11.3 Å². The van der Waals surface area contributed by atoms with Crippen molar-refractivity contribution >= 4 is 17.8 Å². The number of halogens is 3. The minimum absolute atomic E-state index is 0.0254. The second-order valence-electron chi connectivity index (χ2n) is 6.91. The van der Waals surface area contributed by atoms with Gasteiger partial charge in [-0.3, -0.25) is 0 Å². The van der Waals surface area contributed by atoms with Crippen LogP contribution in [0.15, 0.2) is 29.4 Å². The Balaban J connectivity index is 2.76. The van der Waals surface area contributed by atoms with Crippen LogP contribution in [0.2, 0.25) is 0 Å². The summed E-state index contributed by atoms with van der Waals surface area (Å²) in [5.74, 6) is 1.12. The number of rotatable bonds is 11. The quantitative estimate of drug-likeness (QED) is 0.184. The molecule has 0 amide bonds. The first-order valence-corrected chi connectivity index (χ1v) is 9.77. The molecule has 7 heteroatoms. The first-order valence-electron chi connectivity index (χ1n) is 8.86. The largest absolute Gasteiger partial charge is 0.493 e. The topological polar surface area (TPSA) is 30.8 Å². The Morgan fingerprint density at radius 1 is 1.08 bits per heavy atom.